The fourth-order valence-corrected chi connectivity index (χ4v) is 4.82. The maximum absolute atomic E-state index is 13.2. The zero-order valence-electron chi connectivity index (χ0n) is 18.0. The molecule has 164 valence electrons. The predicted molar refractivity (Wildman–Crippen MR) is 119 cm³/mol. The Hall–Kier alpha value is -3.15. The Balaban J connectivity index is 2.43. The van der Waals surface area contributed by atoms with Crippen LogP contribution < -0.4 is 4.74 Å². The summed E-state index contributed by atoms with van der Waals surface area (Å²) < 4.78 is 32.7. The monoisotopic (exact) mass is 441 g/mol. The summed E-state index contributed by atoms with van der Waals surface area (Å²) in [4.78, 5) is 14.7. The molecule has 0 heterocycles. The quantitative estimate of drug-likeness (QED) is 0.527. The molecule has 0 bridgehead atoms. The average molecular weight is 442 g/mol. The van der Waals surface area contributed by atoms with Gasteiger partial charge < -0.3 is 9.64 Å². The average Bonchev–Trinajstić information content (AvgIpc) is 2.79. The highest BCUT2D eigenvalue weighted by Gasteiger charge is 2.27. The molecule has 0 saturated carbocycles. The van der Waals surface area contributed by atoms with Crippen molar-refractivity contribution in [2.75, 3.05) is 26.7 Å². The predicted octanol–water partition coefficient (Wildman–Crippen LogP) is 3.43. The van der Waals surface area contributed by atoms with Gasteiger partial charge in [-0.15, -0.1) is 6.58 Å². The van der Waals surface area contributed by atoms with Crippen molar-refractivity contribution in [1.29, 1.82) is 5.26 Å². The number of amides is 1. The minimum atomic E-state index is -3.82. The normalized spacial score (nSPS) is 11.1. The lowest BCUT2D eigenvalue weighted by molar-refractivity contribution is 0.0762. The first-order valence-electron chi connectivity index (χ1n) is 9.89. The molecule has 2 aromatic carbocycles. The number of ether oxygens (including phenoxy) is 1. The van der Waals surface area contributed by atoms with Crippen molar-refractivity contribution in [1.82, 2.24) is 9.21 Å². The number of methoxy groups -OCH3 is 1. The van der Waals surface area contributed by atoms with Crippen LogP contribution in [0.3, 0.4) is 0 Å². The maximum atomic E-state index is 13.2. The van der Waals surface area contributed by atoms with Crippen molar-refractivity contribution in [3.63, 3.8) is 0 Å². The van der Waals surface area contributed by atoms with Crippen LogP contribution in [-0.2, 0) is 16.6 Å². The summed E-state index contributed by atoms with van der Waals surface area (Å²) in [7, 11) is -2.42. The van der Waals surface area contributed by atoms with Crippen LogP contribution in [0.2, 0.25) is 0 Å². The van der Waals surface area contributed by atoms with E-state index >= 15 is 0 Å². The molecule has 0 atom stereocenters. The number of rotatable bonds is 10. The van der Waals surface area contributed by atoms with Crippen LogP contribution in [0.25, 0.3) is 0 Å². The van der Waals surface area contributed by atoms with Crippen LogP contribution in [0.1, 0.15) is 35.3 Å². The Morgan fingerprint density at radius 2 is 1.81 bits per heavy atom. The van der Waals surface area contributed by atoms with Crippen LogP contribution >= 0.6 is 0 Å². The summed E-state index contributed by atoms with van der Waals surface area (Å²) in [5.74, 6) is -0.145. The Morgan fingerprint density at radius 1 is 1.16 bits per heavy atom. The third-order valence-corrected chi connectivity index (χ3v) is 6.90. The summed E-state index contributed by atoms with van der Waals surface area (Å²) in [5.41, 5.74) is 1.62. The maximum Gasteiger partial charge on any atom is 0.254 e. The van der Waals surface area contributed by atoms with Gasteiger partial charge in [0.25, 0.3) is 5.91 Å². The molecule has 2 aromatic rings. The molecule has 0 aliphatic heterocycles. The lowest BCUT2D eigenvalue weighted by atomic mass is 10.1. The number of carbonyl (C=O) groups is 1. The van der Waals surface area contributed by atoms with Gasteiger partial charge in [-0.2, -0.15) is 9.57 Å². The van der Waals surface area contributed by atoms with Gasteiger partial charge in [0, 0.05) is 31.7 Å². The second-order valence-corrected chi connectivity index (χ2v) is 8.64. The lowest BCUT2D eigenvalue weighted by Crippen LogP contribution is -2.32. The first kappa shape index (κ1) is 24.1. The smallest absolute Gasteiger partial charge is 0.254 e. The molecule has 8 heteroatoms. The fraction of sp³-hybridized carbons (Fsp3) is 0.304. The van der Waals surface area contributed by atoms with Gasteiger partial charge in [-0.25, -0.2) is 8.42 Å². The SMILES string of the molecule is C=CCN(Cc1ccc(C#N)cc1)C(=O)c1ccc(OC)c(S(=O)(=O)N(CC)CC)c1. The van der Waals surface area contributed by atoms with Gasteiger partial charge in [-0.1, -0.05) is 32.1 Å². The van der Waals surface area contributed by atoms with Gasteiger partial charge in [0.2, 0.25) is 10.0 Å². The Morgan fingerprint density at radius 3 is 2.32 bits per heavy atom. The fourth-order valence-electron chi connectivity index (χ4n) is 3.18. The molecule has 0 radical (unpaired) electrons. The van der Waals surface area contributed by atoms with Gasteiger partial charge in [0.05, 0.1) is 18.7 Å². The topological polar surface area (TPSA) is 90.7 Å². The second kappa shape index (κ2) is 10.8. The number of benzene rings is 2. The molecule has 0 aliphatic rings. The molecule has 0 unspecified atom stereocenters. The Bertz CT molecular complexity index is 1070. The van der Waals surface area contributed by atoms with Crippen LogP contribution in [0.4, 0.5) is 0 Å². The van der Waals surface area contributed by atoms with Gasteiger partial charge in [0.1, 0.15) is 10.6 Å². The summed E-state index contributed by atoms with van der Waals surface area (Å²) in [6, 6.07) is 13.4. The van der Waals surface area contributed by atoms with Gasteiger partial charge in [0.15, 0.2) is 0 Å². The number of nitriles is 1. The van der Waals surface area contributed by atoms with E-state index in [1.54, 1.807) is 55.2 Å². The van der Waals surface area contributed by atoms with Crippen molar-refractivity contribution in [2.45, 2.75) is 25.3 Å². The van der Waals surface area contributed by atoms with E-state index in [2.05, 4.69) is 12.6 Å². The molecule has 0 aromatic heterocycles. The van der Waals surface area contributed by atoms with Crippen molar-refractivity contribution in [3.8, 4) is 11.8 Å². The van der Waals surface area contributed by atoms with Crippen LogP contribution in [-0.4, -0.2) is 50.3 Å². The summed E-state index contributed by atoms with van der Waals surface area (Å²) >= 11 is 0. The first-order valence-corrected chi connectivity index (χ1v) is 11.3. The van der Waals surface area contributed by atoms with E-state index in [9.17, 15) is 13.2 Å². The van der Waals surface area contributed by atoms with E-state index in [0.29, 0.717) is 25.2 Å². The minimum Gasteiger partial charge on any atom is -0.495 e. The van der Waals surface area contributed by atoms with E-state index in [-0.39, 0.29) is 28.7 Å². The van der Waals surface area contributed by atoms with Crippen molar-refractivity contribution in [2.24, 2.45) is 0 Å². The van der Waals surface area contributed by atoms with Crippen LogP contribution in [0.15, 0.2) is 60.0 Å². The lowest BCUT2D eigenvalue weighted by Gasteiger charge is -2.23. The molecule has 0 fully saturated rings. The zero-order valence-corrected chi connectivity index (χ0v) is 18.9. The van der Waals surface area contributed by atoms with E-state index < -0.39 is 10.0 Å². The zero-order chi connectivity index (χ0) is 23.0. The molecule has 0 saturated heterocycles. The standard InChI is InChI=1S/C23H27N3O4S/c1-5-14-25(17-19-10-8-18(16-24)9-11-19)23(27)20-12-13-21(30-4)22(15-20)31(28,29)26(6-2)7-3/h5,8-13,15H,1,6-7,14,17H2,2-4H3. The largest absolute Gasteiger partial charge is 0.495 e. The number of carbonyl (C=O) groups excluding carboxylic acids is 1. The molecule has 2 rings (SSSR count). The number of hydrogen-bond donors (Lipinski definition) is 0. The molecule has 0 N–H and O–H groups in total. The van der Waals surface area contributed by atoms with E-state index in [1.807, 2.05) is 0 Å². The third-order valence-electron chi connectivity index (χ3n) is 4.83. The summed E-state index contributed by atoms with van der Waals surface area (Å²) in [5, 5.41) is 8.95. The highest BCUT2D eigenvalue weighted by molar-refractivity contribution is 7.89. The molecular formula is C23H27N3O4S. The number of sulfonamides is 1. The second-order valence-electron chi connectivity index (χ2n) is 6.74. The summed E-state index contributed by atoms with van der Waals surface area (Å²) in [6.45, 7) is 8.41. The molecular weight excluding hydrogens is 414 g/mol. The number of nitrogens with zero attached hydrogens (tertiary/aromatic N) is 3. The van der Waals surface area contributed by atoms with E-state index in [4.69, 9.17) is 10.00 Å². The van der Waals surface area contributed by atoms with Crippen LogP contribution in [0, 0.1) is 11.3 Å². The molecule has 7 nitrogen and oxygen atoms in total. The van der Waals surface area contributed by atoms with E-state index in [1.165, 1.54) is 23.5 Å². The van der Waals surface area contributed by atoms with Gasteiger partial charge >= 0.3 is 0 Å². The van der Waals surface area contributed by atoms with Gasteiger partial charge in [-0.05, 0) is 35.9 Å². The first-order chi connectivity index (χ1) is 14.8. The van der Waals surface area contributed by atoms with Crippen molar-refractivity contribution in [3.05, 3.63) is 71.8 Å². The minimum absolute atomic E-state index is 0.0403. The Kier molecular flexibility index (Phi) is 8.37. The highest BCUT2D eigenvalue weighted by Crippen LogP contribution is 2.28. The van der Waals surface area contributed by atoms with Crippen molar-refractivity contribution < 1.29 is 17.9 Å². The molecule has 31 heavy (non-hydrogen) atoms. The summed E-state index contributed by atoms with van der Waals surface area (Å²) in [6.07, 6.45) is 1.61. The number of hydrogen-bond acceptors (Lipinski definition) is 5. The molecule has 0 aliphatic carbocycles. The van der Waals surface area contributed by atoms with Gasteiger partial charge in [-0.3, -0.25) is 4.79 Å². The third kappa shape index (κ3) is 5.51. The van der Waals surface area contributed by atoms with E-state index in [0.717, 1.165) is 5.56 Å². The molecule has 0 spiro atoms. The van der Waals surface area contributed by atoms with Crippen molar-refractivity contribution >= 4 is 15.9 Å². The van der Waals surface area contributed by atoms with Crippen LogP contribution in [0.5, 0.6) is 5.75 Å². The molecule has 1 amide bonds. The Labute approximate surface area is 184 Å². The highest BCUT2D eigenvalue weighted by atomic mass is 32.2.